The molecule has 0 amide bonds. The average molecular weight is 612 g/mol. The van der Waals surface area contributed by atoms with Crippen molar-refractivity contribution in [1.82, 2.24) is 5.32 Å². The fourth-order valence-corrected chi connectivity index (χ4v) is 6.07. The molecule has 2 unspecified atom stereocenters. The smallest absolute Gasteiger partial charge is 0.336 e. The van der Waals surface area contributed by atoms with Crippen LogP contribution in [0.4, 0.5) is 0 Å². The van der Waals surface area contributed by atoms with Gasteiger partial charge in [0.15, 0.2) is 28.8 Å². The largest absolute Gasteiger partial charge is 0.493 e. The topological polar surface area (TPSA) is 109 Å². The Morgan fingerprint density at radius 3 is 2.16 bits per heavy atom. The van der Waals surface area contributed by atoms with Gasteiger partial charge in [-0.15, -0.1) is 0 Å². The molecule has 9 nitrogen and oxygen atoms in total. The van der Waals surface area contributed by atoms with Crippen molar-refractivity contribution in [3.8, 4) is 23.0 Å². The van der Waals surface area contributed by atoms with Crippen LogP contribution in [0, 0.1) is 0 Å². The zero-order valence-electron chi connectivity index (χ0n) is 26.1. The van der Waals surface area contributed by atoms with Crippen LogP contribution in [-0.2, 0) is 25.5 Å². The molecule has 0 fully saturated rings. The molecule has 0 spiro atoms. The summed E-state index contributed by atoms with van der Waals surface area (Å²) in [4.78, 5) is 39.5. The summed E-state index contributed by atoms with van der Waals surface area (Å²) in [6.07, 6.45) is 1.34. The van der Waals surface area contributed by atoms with Gasteiger partial charge in [0.2, 0.25) is 0 Å². The number of carbonyl (C=O) groups is 3. The Labute approximate surface area is 262 Å². The van der Waals surface area contributed by atoms with Gasteiger partial charge in [-0.25, -0.2) is 4.79 Å². The number of methoxy groups -OCH3 is 3. The molecule has 234 valence electrons. The Bertz CT molecular complexity index is 1670. The van der Waals surface area contributed by atoms with E-state index >= 15 is 0 Å². The fourth-order valence-electron chi connectivity index (χ4n) is 6.07. The van der Waals surface area contributed by atoms with Gasteiger partial charge in [0.25, 0.3) is 0 Å². The quantitative estimate of drug-likeness (QED) is 0.225. The van der Waals surface area contributed by atoms with E-state index in [9.17, 15) is 14.4 Å². The normalized spacial score (nSPS) is 17.7. The van der Waals surface area contributed by atoms with Crippen LogP contribution in [-0.4, -0.2) is 45.7 Å². The Morgan fingerprint density at radius 2 is 1.47 bits per heavy atom. The predicted molar refractivity (Wildman–Crippen MR) is 168 cm³/mol. The third-order valence-electron chi connectivity index (χ3n) is 8.17. The SMILES string of the molecule is COc1ccc(C2CC(=O)C3=C(C2)NC(C)=C(C(=O)OCCc2ccccc2)C3c2ccc(OC(C)=O)c(OC)c2)cc1OC. The number of esters is 2. The van der Waals surface area contributed by atoms with Gasteiger partial charge >= 0.3 is 11.9 Å². The molecule has 3 aromatic rings. The van der Waals surface area contributed by atoms with E-state index < -0.39 is 17.9 Å². The number of hydrogen-bond donors (Lipinski definition) is 1. The lowest BCUT2D eigenvalue weighted by atomic mass is 9.71. The molecule has 2 atom stereocenters. The number of ether oxygens (including phenoxy) is 5. The van der Waals surface area contributed by atoms with Crippen molar-refractivity contribution in [2.24, 2.45) is 0 Å². The van der Waals surface area contributed by atoms with E-state index in [-0.39, 0.29) is 30.5 Å². The van der Waals surface area contributed by atoms with Gasteiger partial charge in [-0.05, 0) is 60.2 Å². The first-order chi connectivity index (χ1) is 21.7. The first kappa shape index (κ1) is 31.4. The second-order valence-corrected chi connectivity index (χ2v) is 11.0. The Balaban J connectivity index is 1.52. The summed E-state index contributed by atoms with van der Waals surface area (Å²) in [6.45, 7) is 3.31. The minimum atomic E-state index is -0.718. The second kappa shape index (κ2) is 13.7. The molecule has 5 rings (SSSR count). The molecule has 0 bridgehead atoms. The Morgan fingerprint density at radius 1 is 0.822 bits per heavy atom. The number of Topliss-reactive ketones (excluding diaryl/α,β-unsaturated/α-hetero) is 1. The highest BCUT2D eigenvalue weighted by atomic mass is 16.6. The van der Waals surface area contributed by atoms with Crippen LogP contribution in [0.5, 0.6) is 23.0 Å². The van der Waals surface area contributed by atoms with Crippen molar-refractivity contribution < 1.29 is 38.1 Å². The Kier molecular flexibility index (Phi) is 9.56. The van der Waals surface area contributed by atoms with Gasteiger partial charge in [-0.1, -0.05) is 42.5 Å². The molecule has 2 aliphatic rings. The molecule has 1 aliphatic carbocycles. The molecule has 9 heteroatoms. The van der Waals surface area contributed by atoms with Crippen molar-refractivity contribution in [2.45, 2.75) is 44.9 Å². The predicted octanol–water partition coefficient (Wildman–Crippen LogP) is 5.79. The molecule has 45 heavy (non-hydrogen) atoms. The lowest BCUT2D eigenvalue weighted by molar-refractivity contribution is -0.139. The number of hydrogen-bond acceptors (Lipinski definition) is 9. The van der Waals surface area contributed by atoms with E-state index in [1.165, 1.54) is 14.0 Å². The van der Waals surface area contributed by atoms with Crippen LogP contribution in [0.1, 0.15) is 55.2 Å². The summed E-state index contributed by atoms with van der Waals surface area (Å²) in [5.41, 5.74) is 4.85. The van der Waals surface area contributed by atoms with Crippen molar-refractivity contribution >= 4 is 17.7 Å². The molecule has 0 saturated heterocycles. The lowest BCUT2D eigenvalue weighted by Crippen LogP contribution is -2.36. The minimum Gasteiger partial charge on any atom is -0.493 e. The number of rotatable bonds is 10. The summed E-state index contributed by atoms with van der Waals surface area (Å²) in [5, 5.41) is 3.39. The molecule has 0 saturated carbocycles. The number of nitrogens with one attached hydrogen (secondary N) is 1. The molecule has 3 aromatic carbocycles. The van der Waals surface area contributed by atoms with Gasteiger partial charge in [0.05, 0.1) is 33.5 Å². The molecular formula is C36H37NO8. The molecule has 1 aliphatic heterocycles. The standard InChI is InChI=1S/C36H37NO8/c1-21-33(36(40)44-16-15-23-9-7-6-8-10-23)34(25-12-14-30(45-22(2)38)32(20-25)43-5)35-27(37-21)17-26(18-28(35)39)24-11-13-29(41-3)31(19-24)42-4/h6-14,19-20,26,34,37H,15-18H2,1-5H3. The van der Waals surface area contributed by atoms with Gasteiger partial charge in [0.1, 0.15) is 0 Å². The van der Waals surface area contributed by atoms with Crippen molar-refractivity contribution in [3.63, 3.8) is 0 Å². The highest BCUT2D eigenvalue weighted by Crippen LogP contribution is 2.47. The van der Waals surface area contributed by atoms with Crippen molar-refractivity contribution in [3.05, 3.63) is 106 Å². The maximum atomic E-state index is 14.1. The second-order valence-electron chi connectivity index (χ2n) is 11.0. The van der Waals surface area contributed by atoms with E-state index in [0.29, 0.717) is 52.5 Å². The fraction of sp³-hybridized carbons (Fsp3) is 0.306. The van der Waals surface area contributed by atoms with E-state index in [1.54, 1.807) is 32.4 Å². The van der Waals surface area contributed by atoms with Gasteiger partial charge < -0.3 is 29.0 Å². The first-order valence-electron chi connectivity index (χ1n) is 14.8. The maximum absolute atomic E-state index is 14.1. The van der Waals surface area contributed by atoms with Crippen LogP contribution < -0.4 is 24.3 Å². The number of allylic oxidation sites excluding steroid dienone is 3. The van der Waals surface area contributed by atoms with Gasteiger partial charge in [-0.2, -0.15) is 0 Å². The Hall–Kier alpha value is -5.05. The third kappa shape index (κ3) is 6.72. The molecule has 0 radical (unpaired) electrons. The number of carbonyl (C=O) groups excluding carboxylic acids is 3. The van der Waals surface area contributed by atoms with Crippen LogP contribution in [0.3, 0.4) is 0 Å². The summed E-state index contributed by atoms with van der Waals surface area (Å²) in [7, 11) is 4.63. The average Bonchev–Trinajstić information content (AvgIpc) is 3.04. The zero-order valence-corrected chi connectivity index (χ0v) is 26.1. The third-order valence-corrected chi connectivity index (χ3v) is 8.17. The number of dihydropyridines is 1. The molecular weight excluding hydrogens is 574 g/mol. The summed E-state index contributed by atoms with van der Waals surface area (Å²) >= 11 is 0. The van der Waals surface area contributed by atoms with Gasteiger partial charge in [0, 0.05) is 42.7 Å². The zero-order chi connectivity index (χ0) is 32.1. The summed E-state index contributed by atoms with van der Waals surface area (Å²) in [6, 6.07) is 20.5. The highest BCUT2D eigenvalue weighted by Gasteiger charge is 2.42. The maximum Gasteiger partial charge on any atom is 0.336 e. The summed E-state index contributed by atoms with van der Waals surface area (Å²) in [5.74, 6) is -0.161. The number of ketones is 1. The molecule has 0 aromatic heterocycles. The summed E-state index contributed by atoms with van der Waals surface area (Å²) < 4.78 is 27.6. The van der Waals surface area contributed by atoms with E-state index in [0.717, 1.165) is 16.8 Å². The molecule has 1 heterocycles. The van der Waals surface area contributed by atoms with Crippen LogP contribution in [0.2, 0.25) is 0 Å². The minimum absolute atomic E-state index is 0.0846. The van der Waals surface area contributed by atoms with Crippen LogP contribution in [0.15, 0.2) is 89.3 Å². The monoisotopic (exact) mass is 611 g/mol. The van der Waals surface area contributed by atoms with Crippen LogP contribution >= 0.6 is 0 Å². The number of benzene rings is 3. The van der Waals surface area contributed by atoms with Crippen molar-refractivity contribution in [2.75, 3.05) is 27.9 Å². The van der Waals surface area contributed by atoms with Gasteiger partial charge in [-0.3, -0.25) is 9.59 Å². The molecule has 1 N–H and O–H groups in total. The first-order valence-corrected chi connectivity index (χ1v) is 14.8. The van der Waals surface area contributed by atoms with Crippen LogP contribution in [0.25, 0.3) is 0 Å². The van der Waals surface area contributed by atoms with E-state index in [1.807, 2.05) is 55.5 Å². The van der Waals surface area contributed by atoms with E-state index in [2.05, 4.69) is 5.32 Å². The highest BCUT2D eigenvalue weighted by molar-refractivity contribution is 6.04. The van der Waals surface area contributed by atoms with E-state index in [4.69, 9.17) is 23.7 Å². The lowest BCUT2D eigenvalue weighted by Gasteiger charge is -2.37. The van der Waals surface area contributed by atoms with Crippen molar-refractivity contribution in [1.29, 1.82) is 0 Å².